The molecule has 2 aliphatic heterocycles. The lowest BCUT2D eigenvalue weighted by Crippen LogP contribution is -2.54. The maximum Gasteiger partial charge on any atom is 0.260 e. The van der Waals surface area contributed by atoms with E-state index < -0.39 is 5.60 Å². The molecule has 0 aromatic heterocycles. The van der Waals surface area contributed by atoms with E-state index in [-0.39, 0.29) is 24.8 Å². The first-order valence-corrected chi connectivity index (χ1v) is 7.74. The van der Waals surface area contributed by atoms with E-state index in [1.807, 2.05) is 31.2 Å². The number of hydrogen-bond donors (Lipinski definition) is 0. The molecule has 0 unspecified atom stereocenters. The Labute approximate surface area is 130 Å². The van der Waals surface area contributed by atoms with Crippen molar-refractivity contribution in [1.29, 1.82) is 0 Å². The monoisotopic (exact) mass is 303 g/mol. The molecule has 0 aliphatic carbocycles. The number of benzene rings is 1. The minimum atomic E-state index is -0.617. The highest BCUT2D eigenvalue weighted by molar-refractivity contribution is 5.93. The van der Waals surface area contributed by atoms with Crippen molar-refractivity contribution in [3.63, 3.8) is 0 Å². The first kappa shape index (κ1) is 15.0. The Kier molecular flexibility index (Phi) is 4.16. The summed E-state index contributed by atoms with van der Waals surface area (Å²) in [5.74, 6) is 0.583. The summed E-state index contributed by atoms with van der Waals surface area (Å²) in [6.07, 6.45) is 2.31. The molecule has 5 nitrogen and oxygen atoms in total. The number of likely N-dealkylation sites (tertiary alicyclic amines) is 1. The van der Waals surface area contributed by atoms with Gasteiger partial charge in [-0.05, 0) is 31.4 Å². The van der Waals surface area contributed by atoms with Crippen LogP contribution in [0.3, 0.4) is 0 Å². The third-order valence-corrected chi connectivity index (χ3v) is 4.53. The topological polar surface area (TPSA) is 55.8 Å². The van der Waals surface area contributed by atoms with Crippen LogP contribution in [0.2, 0.25) is 0 Å². The SMILES string of the molecule is Cc1ccccc1OCC(=O)N1CC[C@@]2(CCCO2)C(=O)C1. The van der Waals surface area contributed by atoms with Crippen LogP contribution in [-0.2, 0) is 14.3 Å². The number of ketones is 1. The summed E-state index contributed by atoms with van der Waals surface area (Å²) >= 11 is 0. The number of amides is 1. The average Bonchev–Trinajstić information content (AvgIpc) is 2.99. The van der Waals surface area contributed by atoms with Crippen LogP contribution in [0.25, 0.3) is 0 Å². The van der Waals surface area contributed by atoms with Gasteiger partial charge >= 0.3 is 0 Å². The van der Waals surface area contributed by atoms with Crippen LogP contribution < -0.4 is 4.74 Å². The third kappa shape index (κ3) is 2.86. The number of carbonyl (C=O) groups excluding carboxylic acids is 2. The second kappa shape index (κ2) is 6.08. The first-order valence-electron chi connectivity index (χ1n) is 7.74. The van der Waals surface area contributed by atoms with E-state index in [0.717, 1.165) is 18.4 Å². The Bertz CT molecular complexity index is 578. The van der Waals surface area contributed by atoms with Crippen molar-refractivity contribution in [3.8, 4) is 5.75 Å². The van der Waals surface area contributed by atoms with Crippen molar-refractivity contribution >= 4 is 11.7 Å². The van der Waals surface area contributed by atoms with Gasteiger partial charge in [0.1, 0.15) is 11.4 Å². The molecule has 0 bridgehead atoms. The lowest BCUT2D eigenvalue weighted by molar-refractivity contribution is -0.153. The maximum absolute atomic E-state index is 12.3. The third-order valence-electron chi connectivity index (χ3n) is 4.53. The molecule has 5 heteroatoms. The molecule has 0 N–H and O–H groups in total. The molecule has 22 heavy (non-hydrogen) atoms. The highest BCUT2D eigenvalue weighted by atomic mass is 16.5. The number of nitrogens with zero attached hydrogens (tertiary/aromatic N) is 1. The largest absolute Gasteiger partial charge is 0.484 e. The normalized spacial score (nSPS) is 24.8. The molecule has 2 fully saturated rings. The molecule has 1 aromatic rings. The number of piperidine rings is 1. The number of hydrogen-bond acceptors (Lipinski definition) is 4. The number of carbonyl (C=O) groups is 2. The molecule has 2 saturated heterocycles. The molecule has 2 aliphatic rings. The zero-order valence-corrected chi connectivity index (χ0v) is 12.8. The van der Waals surface area contributed by atoms with E-state index >= 15 is 0 Å². The zero-order valence-electron chi connectivity index (χ0n) is 12.8. The van der Waals surface area contributed by atoms with Gasteiger partial charge in [0, 0.05) is 19.6 Å². The molecule has 3 rings (SSSR count). The summed E-state index contributed by atoms with van der Waals surface area (Å²) in [5, 5.41) is 0. The average molecular weight is 303 g/mol. The minimum Gasteiger partial charge on any atom is -0.484 e. The molecule has 2 heterocycles. The molecular formula is C17H21NO4. The Morgan fingerprint density at radius 3 is 2.86 bits per heavy atom. The van der Waals surface area contributed by atoms with Gasteiger partial charge in [-0.1, -0.05) is 18.2 Å². The van der Waals surface area contributed by atoms with Gasteiger partial charge in [-0.3, -0.25) is 9.59 Å². The Balaban J connectivity index is 1.55. The van der Waals surface area contributed by atoms with Crippen LogP contribution in [-0.4, -0.2) is 48.5 Å². The fourth-order valence-corrected chi connectivity index (χ4v) is 3.13. The van der Waals surface area contributed by atoms with Crippen molar-refractivity contribution in [2.75, 3.05) is 26.3 Å². The van der Waals surface area contributed by atoms with Gasteiger partial charge in [-0.15, -0.1) is 0 Å². The van der Waals surface area contributed by atoms with Crippen LogP contribution >= 0.6 is 0 Å². The summed E-state index contributed by atoms with van der Waals surface area (Å²) in [6, 6.07) is 7.57. The number of ether oxygens (including phenoxy) is 2. The quantitative estimate of drug-likeness (QED) is 0.853. The minimum absolute atomic E-state index is 0.0282. The van der Waals surface area contributed by atoms with Crippen LogP contribution in [0.5, 0.6) is 5.75 Å². The van der Waals surface area contributed by atoms with Crippen LogP contribution in [0.1, 0.15) is 24.8 Å². The van der Waals surface area contributed by atoms with Gasteiger partial charge < -0.3 is 14.4 Å². The van der Waals surface area contributed by atoms with Crippen molar-refractivity contribution in [1.82, 2.24) is 4.90 Å². The summed E-state index contributed by atoms with van der Waals surface area (Å²) in [4.78, 5) is 26.1. The van der Waals surface area contributed by atoms with Crippen molar-refractivity contribution in [2.24, 2.45) is 0 Å². The van der Waals surface area contributed by atoms with Gasteiger partial charge in [-0.25, -0.2) is 0 Å². The van der Waals surface area contributed by atoms with E-state index in [2.05, 4.69) is 0 Å². The Morgan fingerprint density at radius 1 is 1.36 bits per heavy atom. The predicted octanol–water partition coefficient (Wildman–Crippen LogP) is 1.72. The van der Waals surface area contributed by atoms with E-state index in [4.69, 9.17) is 9.47 Å². The Morgan fingerprint density at radius 2 is 2.18 bits per heavy atom. The fourth-order valence-electron chi connectivity index (χ4n) is 3.13. The highest BCUT2D eigenvalue weighted by Gasteiger charge is 2.46. The molecule has 1 amide bonds. The summed E-state index contributed by atoms with van der Waals surface area (Å²) in [6.45, 7) is 3.24. The van der Waals surface area contributed by atoms with Crippen molar-refractivity contribution < 1.29 is 19.1 Å². The van der Waals surface area contributed by atoms with Gasteiger partial charge in [0.25, 0.3) is 5.91 Å². The van der Waals surface area contributed by atoms with Gasteiger partial charge in [0.15, 0.2) is 12.4 Å². The van der Waals surface area contributed by atoms with Crippen molar-refractivity contribution in [2.45, 2.75) is 31.8 Å². The van der Waals surface area contributed by atoms with Gasteiger partial charge in [0.2, 0.25) is 0 Å². The Hall–Kier alpha value is -1.88. The molecular weight excluding hydrogens is 282 g/mol. The summed E-state index contributed by atoms with van der Waals surface area (Å²) in [5.41, 5.74) is 0.372. The summed E-state index contributed by atoms with van der Waals surface area (Å²) in [7, 11) is 0. The number of para-hydroxylation sites is 1. The van der Waals surface area contributed by atoms with Gasteiger partial charge in [0.05, 0.1) is 6.54 Å². The van der Waals surface area contributed by atoms with E-state index in [0.29, 0.717) is 25.3 Å². The summed E-state index contributed by atoms with van der Waals surface area (Å²) < 4.78 is 11.2. The predicted molar refractivity (Wildman–Crippen MR) is 80.8 cm³/mol. The maximum atomic E-state index is 12.3. The number of aryl methyl sites for hydroxylation is 1. The standard InChI is InChI=1S/C17H21NO4/c1-13-5-2-3-6-14(13)21-12-16(20)18-9-8-17(15(19)11-18)7-4-10-22-17/h2-3,5-6H,4,7-12H2,1H3/t17-/m0/s1. The molecule has 0 saturated carbocycles. The molecule has 0 radical (unpaired) electrons. The first-order chi connectivity index (χ1) is 10.6. The lowest BCUT2D eigenvalue weighted by atomic mass is 9.87. The zero-order chi connectivity index (χ0) is 15.6. The van der Waals surface area contributed by atoms with E-state index in [9.17, 15) is 9.59 Å². The second-order valence-corrected chi connectivity index (χ2v) is 5.99. The lowest BCUT2D eigenvalue weighted by Gasteiger charge is -2.37. The number of Topliss-reactive ketones (excluding diaryl/α,β-unsaturated/α-hetero) is 1. The fraction of sp³-hybridized carbons (Fsp3) is 0.529. The molecule has 1 atom stereocenters. The van der Waals surface area contributed by atoms with Crippen LogP contribution in [0.15, 0.2) is 24.3 Å². The highest BCUT2D eigenvalue weighted by Crippen LogP contribution is 2.33. The molecule has 118 valence electrons. The van der Waals surface area contributed by atoms with Crippen LogP contribution in [0, 0.1) is 6.92 Å². The van der Waals surface area contributed by atoms with Gasteiger partial charge in [-0.2, -0.15) is 0 Å². The molecule has 1 aromatic carbocycles. The van der Waals surface area contributed by atoms with Crippen LogP contribution in [0.4, 0.5) is 0 Å². The molecule has 1 spiro atoms. The second-order valence-electron chi connectivity index (χ2n) is 5.99. The smallest absolute Gasteiger partial charge is 0.260 e. The number of rotatable bonds is 3. The van der Waals surface area contributed by atoms with Crippen molar-refractivity contribution in [3.05, 3.63) is 29.8 Å². The van der Waals surface area contributed by atoms with E-state index in [1.165, 1.54) is 0 Å². The van der Waals surface area contributed by atoms with E-state index in [1.54, 1.807) is 4.90 Å².